The molecule has 0 spiro atoms. The van der Waals surface area contributed by atoms with E-state index in [-0.39, 0.29) is 0 Å². The van der Waals surface area contributed by atoms with Crippen molar-refractivity contribution in [3.8, 4) is 33.8 Å². The second-order valence-electron chi connectivity index (χ2n) is 14.4. The van der Waals surface area contributed by atoms with E-state index in [1.807, 2.05) is 0 Å². The van der Waals surface area contributed by atoms with Gasteiger partial charge in [-0.25, -0.2) is 0 Å². The summed E-state index contributed by atoms with van der Waals surface area (Å²) in [5.41, 5.74) is 16.3. The van der Waals surface area contributed by atoms with E-state index in [9.17, 15) is 0 Å². The molecule has 0 amide bonds. The van der Waals surface area contributed by atoms with Gasteiger partial charge in [0.1, 0.15) is 0 Å². The van der Waals surface area contributed by atoms with Crippen LogP contribution in [0.5, 0.6) is 0 Å². The summed E-state index contributed by atoms with van der Waals surface area (Å²) in [6, 6.07) is 72.7. The molecule has 0 unspecified atom stereocenters. The molecule has 55 heavy (non-hydrogen) atoms. The first-order valence-corrected chi connectivity index (χ1v) is 18.9. The number of hydrogen-bond acceptors (Lipinski definition) is 1. The third-order valence-corrected chi connectivity index (χ3v) is 10.8. The molecule has 262 valence electrons. The summed E-state index contributed by atoms with van der Waals surface area (Å²) in [6.45, 7) is 4.28. The fourth-order valence-corrected chi connectivity index (χ4v) is 8.30. The van der Waals surface area contributed by atoms with Crippen molar-refractivity contribution >= 4 is 49.8 Å². The number of aromatic nitrogens is 2. The maximum Gasteiger partial charge on any atom is 0.0789 e. The monoisotopic (exact) mass is 705 g/mol. The van der Waals surface area contributed by atoms with Gasteiger partial charge in [-0.3, -0.25) is 0 Å². The number of para-hydroxylation sites is 2. The highest BCUT2D eigenvalue weighted by Crippen LogP contribution is 2.47. The molecule has 10 aromatic rings. The van der Waals surface area contributed by atoms with E-state index in [2.05, 4.69) is 228 Å². The van der Waals surface area contributed by atoms with E-state index < -0.39 is 0 Å². The molecular weight excluding hydrogens is 667 g/mol. The van der Waals surface area contributed by atoms with Gasteiger partial charge >= 0.3 is 0 Å². The average Bonchev–Trinajstić information content (AvgIpc) is 3.77. The maximum atomic E-state index is 2.50. The number of nitrogens with zero attached hydrogens (tertiary/aromatic N) is 3. The first kappa shape index (κ1) is 32.5. The van der Waals surface area contributed by atoms with E-state index in [0.29, 0.717) is 0 Å². The molecule has 2 heterocycles. The molecule has 3 heteroatoms. The van der Waals surface area contributed by atoms with Crippen LogP contribution >= 0.6 is 0 Å². The molecule has 0 radical (unpaired) electrons. The first-order valence-electron chi connectivity index (χ1n) is 18.9. The number of rotatable bonds is 7. The minimum atomic E-state index is 1.09. The first-order chi connectivity index (χ1) is 27.1. The van der Waals surface area contributed by atoms with Crippen LogP contribution in [-0.4, -0.2) is 9.13 Å². The number of fused-ring (bicyclic) bond motifs is 5. The molecular formula is C52H39N3. The van der Waals surface area contributed by atoms with Crippen molar-refractivity contribution in [1.29, 1.82) is 0 Å². The summed E-state index contributed by atoms with van der Waals surface area (Å²) >= 11 is 0. The SMILES string of the molecule is Cc1ccc(N(c2ccc(C)cc2)c2cccc(-n3c4ccccc4c4ccc5c(-c6ccccc6)c(-c6ccccc6)n(-c6ccccc6)c5c43)c2)cc1. The van der Waals surface area contributed by atoms with Crippen LogP contribution in [0.3, 0.4) is 0 Å². The second-order valence-corrected chi connectivity index (χ2v) is 14.4. The van der Waals surface area contributed by atoms with Gasteiger partial charge in [-0.05, 0) is 85.6 Å². The predicted molar refractivity (Wildman–Crippen MR) is 233 cm³/mol. The summed E-state index contributed by atoms with van der Waals surface area (Å²) in [4.78, 5) is 2.36. The van der Waals surface area contributed by atoms with Crippen molar-refractivity contribution < 1.29 is 0 Å². The smallest absolute Gasteiger partial charge is 0.0789 e. The van der Waals surface area contributed by atoms with E-state index in [1.54, 1.807) is 0 Å². The van der Waals surface area contributed by atoms with Gasteiger partial charge in [0.15, 0.2) is 0 Å². The van der Waals surface area contributed by atoms with Crippen LogP contribution in [0.4, 0.5) is 17.1 Å². The minimum absolute atomic E-state index is 1.09. The Bertz CT molecular complexity index is 2910. The van der Waals surface area contributed by atoms with Crippen molar-refractivity contribution in [3.63, 3.8) is 0 Å². The highest BCUT2D eigenvalue weighted by atomic mass is 15.1. The third kappa shape index (κ3) is 5.52. The molecule has 0 bridgehead atoms. The highest BCUT2D eigenvalue weighted by Gasteiger charge is 2.26. The number of anilines is 3. The van der Waals surface area contributed by atoms with Gasteiger partial charge in [0.05, 0.1) is 22.2 Å². The molecule has 0 N–H and O–H groups in total. The lowest BCUT2D eigenvalue weighted by atomic mass is 9.98. The van der Waals surface area contributed by atoms with Crippen LogP contribution in [0.25, 0.3) is 66.5 Å². The molecule has 10 rings (SSSR count). The van der Waals surface area contributed by atoms with E-state index in [1.165, 1.54) is 66.2 Å². The van der Waals surface area contributed by atoms with Crippen LogP contribution in [0.1, 0.15) is 11.1 Å². The zero-order valence-electron chi connectivity index (χ0n) is 30.9. The maximum absolute atomic E-state index is 2.50. The highest BCUT2D eigenvalue weighted by molar-refractivity contribution is 6.22. The Morgan fingerprint density at radius 3 is 1.55 bits per heavy atom. The van der Waals surface area contributed by atoms with Crippen LogP contribution in [0.2, 0.25) is 0 Å². The third-order valence-electron chi connectivity index (χ3n) is 10.8. The van der Waals surface area contributed by atoms with Gasteiger partial charge in [-0.1, -0.05) is 151 Å². The Morgan fingerprint density at radius 2 is 0.891 bits per heavy atom. The lowest BCUT2D eigenvalue weighted by molar-refractivity contribution is 1.12. The summed E-state index contributed by atoms with van der Waals surface area (Å²) in [7, 11) is 0. The molecule has 0 aliphatic carbocycles. The minimum Gasteiger partial charge on any atom is -0.310 e. The number of aryl methyl sites for hydroxylation is 2. The van der Waals surface area contributed by atoms with Crippen molar-refractivity contribution in [2.45, 2.75) is 13.8 Å². The fraction of sp³-hybridized carbons (Fsp3) is 0.0385. The van der Waals surface area contributed by atoms with Crippen molar-refractivity contribution in [3.05, 3.63) is 211 Å². The normalized spacial score (nSPS) is 11.5. The van der Waals surface area contributed by atoms with Crippen LogP contribution in [0, 0.1) is 13.8 Å². The molecule has 0 fully saturated rings. The van der Waals surface area contributed by atoms with E-state index in [4.69, 9.17) is 0 Å². The van der Waals surface area contributed by atoms with Gasteiger partial charge in [0.2, 0.25) is 0 Å². The molecule has 8 aromatic carbocycles. The standard InChI is InChI=1S/C52H39N3/c1-36-25-29-41(30-26-36)53(42-31-27-37(2)28-32-42)43-21-14-22-44(35-43)54-48-24-13-12-23-45(48)46-33-34-47-49(38-15-6-3-7-16-38)50(39-17-8-4-9-18-39)55(52(47)51(46)54)40-19-10-5-11-20-40/h3-35H,1-2H3. The molecule has 0 aliphatic rings. The summed E-state index contributed by atoms with van der Waals surface area (Å²) in [5.74, 6) is 0. The Labute approximate surface area is 321 Å². The zero-order chi connectivity index (χ0) is 36.9. The van der Waals surface area contributed by atoms with Crippen molar-refractivity contribution in [2.75, 3.05) is 4.90 Å². The largest absolute Gasteiger partial charge is 0.310 e. The Morgan fingerprint density at radius 1 is 0.364 bits per heavy atom. The Balaban J connectivity index is 1.33. The van der Waals surface area contributed by atoms with Crippen molar-refractivity contribution in [1.82, 2.24) is 9.13 Å². The predicted octanol–water partition coefficient (Wildman–Crippen LogP) is 14.1. The molecule has 0 aliphatic heterocycles. The lowest BCUT2D eigenvalue weighted by Crippen LogP contribution is -2.10. The van der Waals surface area contributed by atoms with Gasteiger partial charge in [0.25, 0.3) is 0 Å². The van der Waals surface area contributed by atoms with E-state index in [0.717, 1.165) is 28.4 Å². The quantitative estimate of drug-likeness (QED) is 0.161. The molecule has 0 saturated carbocycles. The molecule has 0 saturated heterocycles. The van der Waals surface area contributed by atoms with Gasteiger partial charge in [-0.15, -0.1) is 0 Å². The Hall–Kier alpha value is -7.10. The Kier molecular flexibility index (Phi) is 7.92. The molecule has 3 nitrogen and oxygen atoms in total. The van der Waals surface area contributed by atoms with Gasteiger partial charge in [-0.2, -0.15) is 0 Å². The summed E-state index contributed by atoms with van der Waals surface area (Å²) < 4.78 is 4.99. The van der Waals surface area contributed by atoms with Crippen LogP contribution < -0.4 is 4.90 Å². The lowest BCUT2D eigenvalue weighted by Gasteiger charge is -2.26. The van der Waals surface area contributed by atoms with Gasteiger partial charge in [0, 0.05) is 50.2 Å². The molecule has 2 aromatic heterocycles. The zero-order valence-corrected chi connectivity index (χ0v) is 30.9. The fourth-order valence-electron chi connectivity index (χ4n) is 8.30. The average molecular weight is 706 g/mol. The number of benzene rings is 8. The summed E-state index contributed by atoms with van der Waals surface area (Å²) in [6.07, 6.45) is 0. The summed E-state index contributed by atoms with van der Waals surface area (Å²) in [5, 5.41) is 3.65. The van der Waals surface area contributed by atoms with Crippen LogP contribution in [-0.2, 0) is 0 Å². The van der Waals surface area contributed by atoms with Crippen molar-refractivity contribution in [2.24, 2.45) is 0 Å². The number of hydrogen-bond donors (Lipinski definition) is 0. The van der Waals surface area contributed by atoms with Crippen LogP contribution in [0.15, 0.2) is 200 Å². The van der Waals surface area contributed by atoms with Gasteiger partial charge < -0.3 is 14.0 Å². The molecule has 0 atom stereocenters. The van der Waals surface area contributed by atoms with E-state index >= 15 is 0 Å². The second kappa shape index (κ2) is 13.4. The topological polar surface area (TPSA) is 13.1 Å².